The van der Waals surface area contributed by atoms with Crippen molar-refractivity contribution in [3.05, 3.63) is 102 Å². The van der Waals surface area contributed by atoms with E-state index in [2.05, 4.69) is 103 Å². The molecule has 0 spiro atoms. The summed E-state index contributed by atoms with van der Waals surface area (Å²) in [6.45, 7) is 8.48. The van der Waals surface area contributed by atoms with E-state index < -0.39 is 7.21 Å². The van der Waals surface area contributed by atoms with E-state index in [9.17, 15) is 4.39 Å². The second-order valence-corrected chi connectivity index (χ2v) is 12.9. The molecule has 35 heavy (non-hydrogen) atoms. The van der Waals surface area contributed by atoms with E-state index in [1.165, 1.54) is 34.4 Å². The van der Waals surface area contributed by atoms with E-state index in [-0.39, 0.29) is 11.2 Å². The standard InChI is InChI=1S/C29H34FN4P/c1-29(2)26-12-8-9-13-27(26)33(4)28(29)22-35(25-10-6-5-7-11-25,34-20-18-32(3)19-21-34)31-24-16-14-23(30)15-17-24/h5-17,22H,18-21H2,1-4H3/b28-22-. The third-order valence-corrected chi connectivity index (χ3v) is 10.8. The third kappa shape index (κ3) is 4.38. The summed E-state index contributed by atoms with van der Waals surface area (Å²) in [5.41, 5.74) is 4.50. The summed E-state index contributed by atoms with van der Waals surface area (Å²) in [6, 6.07) is 26.0. The first-order chi connectivity index (χ1) is 16.8. The van der Waals surface area contributed by atoms with Gasteiger partial charge in [0.15, 0.2) is 0 Å². The highest BCUT2D eigenvalue weighted by Crippen LogP contribution is 2.60. The van der Waals surface area contributed by atoms with Crippen molar-refractivity contribution >= 4 is 23.9 Å². The summed E-state index contributed by atoms with van der Waals surface area (Å²) in [5.74, 6) is 2.23. The molecule has 1 saturated heterocycles. The zero-order chi connectivity index (χ0) is 24.6. The Morgan fingerprint density at radius 1 is 0.829 bits per heavy atom. The highest BCUT2D eigenvalue weighted by Gasteiger charge is 2.41. The molecule has 0 radical (unpaired) electrons. The van der Waals surface area contributed by atoms with Crippen molar-refractivity contribution < 1.29 is 4.39 Å². The molecule has 0 aromatic heterocycles. The van der Waals surface area contributed by atoms with Gasteiger partial charge in [0.25, 0.3) is 0 Å². The van der Waals surface area contributed by atoms with Crippen molar-refractivity contribution in [2.75, 3.05) is 45.2 Å². The van der Waals surface area contributed by atoms with Crippen LogP contribution in [0.15, 0.2) is 95.1 Å². The van der Waals surface area contributed by atoms with Crippen LogP contribution in [0, 0.1) is 5.82 Å². The Hall–Kier alpha value is -2.72. The second kappa shape index (κ2) is 9.39. The van der Waals surface area contributed by atoms with Crippen LogP contribution in [0.25, 0.3) is 0 Å². The number of hydrogen-bond donors (Lipinski definition) is 0. The zero-order valence-electron chi connectivity index (χ0n) is 21.0. The van der Waals surface area contributed by atoms with Crippen LogP contribution in [-0.4, -0.2) is 49.8 Å². The Kier molecular flexibility index (Phi) is 6.43. The highest BCUT2D eigenvalue weighted by atomic mass is 31.2. The van der Waals surface area contributed by atoms with Gasteiger partial charge < -0.3 is 9.80 Å². The fourth-order valence-electron chi connectivity index (χ4n) is 5.30. The Balaban J connectivity index is 1.79. The molecule has 2 heterocycles. The van der Waals surface area contributed by atoms with Crippen LogP contribution in [0.5, 0.6) is 0 Å². The molecule has 6 heteroatoms. The van der Waals surface area contributed by atoms with Crippen molar-refractivity contribution in [2.45, 2.75) is 19.3 Å². The second-order valence-electron chi connectivity index (χ2n) is 10.0. The van der Waals surface area contributed by atoms with Crippen LogP contribution < -0.4 is 10.2 Å². The molecule has 0 N–H and O–H groups in total. The average Bonchev–Trinajstić information content (AvgIpc) is 3.06. The Morgan fingerprint density at radius 2 is 1.46 bits per heavy atom. The van der Waals surface area contributed by atoms with Gasteiger partial charge in [0.2, 0.25) is 0 Å². The predicted molar refractivity (Wildman–Crippen MR) is 147 cm³/mol. The summed E-state index contributed by atoms with van der Waals surface area (Å²) in [5, 5.41) is 1.22. The van der Waals surface area contributed by atoms with Crippen LogP contribution in [0.1, 0.15) is 19.4 Å². The van der Waals surface area contributed by atoms with E-state index in [1.807, 2.05) is 0 Å². The van der Waals surface area contributed by atoms with Crippen molar-refractivity contribution in [1.29, 1.82) is 0 Å². The predicted octanol–water partition coefficient (Wildman–Crippen LogP) is 6.42. The molecule has 3 aromatic rings. The average molecular weight is 489 g/mol. The molecule has 0 saturated carbocycles. The molecular weight excluding hydrogens is 454 g/mol. The maximum Gasteiger partial charge on any atom is 0.123 e. The number of anilines is 1. The number of likely N-dealkylation sites (N-methyl/N-ethyl adjacent to an activating group) is 2. The molecule has 1 unspecified atom stereocenters. The van der Waals surface area contributed by atoms with Gasteiger partial charge in [-0.25, -0.2) is 9.14 Å². The minimum absolute atomic E-state index is 0.156. The van der Waals surface area contributed by atoms with Crippen LogP contribution in [-0.2, 0) is 5.41 Å². The maximum atomic E-state index is 13.8. The summed E-state index contributed by atoms with van der Waals surface area (Å²) < 4.78 is 21.9. The lowest BCUT2D eigenvalue weighted by atomic mass is 9.84. The molecule has 1 atom stereocenters. The number of hydrogen-bond acceptors (Lipinski definition) is 3. The third-order valence-electron chi connectivity index (χ3n) is 7.38. The van der Waals surface area contributed by atoms with Crippen LogP contribution in [0.3, 0.4) is 0 Å². The van der Waals surface area contributed by atoms with Gasteiger partial charge in [0.05, 0.1) is 12.9 Å². The van der Waals surface area contributed by atoms with Gasteiger partial charge in [0, 0.05) is 55.3 Å². The topological polar surface area (TPSA) is 22.1 Å². The largest absolute Gasteiger partial charge is 0.347 e. The Morgan fingerprint density at radius 3 is 2.11 bits per heavy atom. The minimum atomic E-state index is -2.38. The van der Waals surface area contributed by atoms with Gasteiger partial charge >= 0.3 is 0 Å². The fraction of sp³-hybridized carbons (Fsp3) is 0.310. The van der Waals surface area contributed by atoms with Gasteiger partial charge in [-0.05, 0) is 48.8 Å². The smallest absolute Gasteiger partial charge is 0.123 e. The van der Waals surface area contributed by atoms with Gasteiger partial charge in [-0.15, -0.1) is 0 Å². The quantitative estimate of drug-likeness (QED) is 0.396. The van der Waals surface area contributed by atoms with Crippen molar-refractivity contribution in [3.8, 4) is 0 Å². The number of rotatable bonds is 4. The van der Waals surface area contributed by atoms with Gasteiger partial charge in [-0.2, -0.15) is 0 Å². The number of fused-ring (bicyclic) bond motifs is 1. The fourth-order valence-corrected chi connectivity index (χ4v) is 8.96. The SMILES string of the molecule is CN1CCN(P(/C=C2\N(C)c3ccccc3C2(C)C)(=Nc2ccc(F)cc2)c2ccccc2)CC1. The van der Waals surface area contributed by atoms with Gasteiger partial charge in [0.1, 0.15) is 5.82 Å². The minimum Gasteiger partial charge on any atom is -0.347 e. The molecule has 0 bridgehead atoms. The zero-order valence-corrected chi connectivity index (χ0v) is 21.9. The molecule has 0 amide bonds. The van der Waals surface area contributed by atoms with E-state index in [0.29, 0.717) is 0 Å². The molecule has 4 nitrogen and oxygen atoms in total. The van der Waals surface area contributed by atoms with E-state index in [0.717, 1.165) is 31.9 Å². The molecular formula is C29H34FN4P. The first-order valence-corrected chi connectivity index (χ1v) is 14.0. The molecule has 1 fully saturated rings. The number of piperazine rings is 1. The lowest BCUT2D eigenvalue weighted by Crippen LogP contribution is -2.44. The number of nitrogens with zero attached hydrogens (tertiary/aromatic N) is 4. The number of allylic oxidation sites excluding steroid dienone is 1. The number of benzene rings is 3. The summed E-state index contributed by atoms with van der Waals surface area (Å²) in [7, 11) is 1.97. The molecule has 3 aromatic carbocycles. The number of halogens is 1. The lowest BCUT2D eigenvalue weighted by molar-refractivity contribution is 0.229. The van der Waals surface area contributed by atoms with E-state index in [1.54, 1.807) is 12.1 Å². The van der Waals surface area contributed by atoms with Gasteiger partial charge in [-0.1, -0.05) is 62.4 Å². The summed E-state index contributed by atoms with van der Waals surface area (Å²) in [6.07, 6.45) is 0. The molecule has 2 aliphatic rings. The number of para-hydroxylation sites is 1. The van der Waals surface area contributed by atoms with Gasteiger partial charge in [-0.3, -0.25) is 4.67 Å². The van der Waals surface area contributed by atoms with E-state index >= 15 is 0 Å². The van der Waals surface area contributed by atoms with Crippen LogP contribution >= 0.6 is 7.21 Å². The van der Waals surface area contributed by atoms with Crippen molar-refractivity contribution in [3.63, 3.8) is 0 Å². The van der Waals surface area contributed by atoms with Crippen LogP contribution in [0.2, 0.25) is 0 Å². The van der Waals surface area contributed by atoms with Crippen LogP contribution in [0.4, 0.5) is 15.8 Å². The summed E-state index contributed by atoms with van der Waals surface area (Å²) >= 11 is 0. The molecule has 0 aliphatic carbocycles. The first-order valence-electron chi connectivity index (χ1n) is 12.2. The van der Waals surface area contributed by atoms with E-state index in [4.69, 9.17) is 4.74 Å². The Labute approximate surface area is 208 Å². The lowest BCUT2D eigenvalue weighted by Gasteiger charge is -2.41. The van der Waals surface area contributed by atoms with Crippen molar-refractivity contribution in [1.82, 2.24) is 9.57 Å². The highest BCUT2D eigenvalue weighted by molar-refractivity contribution is 7.74. The maximum absolute atomic E-state index is 13.8. The molecule has 2 aliphatic heterocycles. The normalized spacial score (nSPS) is 21.1. The molecule has 5 rings (SSSR count). The van der Waals surface area contributed by atoms with Crippen molar-refractivity contribution in [2.24, 2.45) is 4.74 Å². The summed E-state index contributed by atoms with van der Waals surface area (Å²) in [4.78, 5) is 4.71. The first kappa shape index (κ1) is 24.0. The molecule has 182 valence electrons. The monoisotopic (exact) mass is 488 g/mol. The Bertz CT molecular complexity index is 1280.